The van der Waals surface area contributed by atoms with Crippen LogP contribution in [0, 0.1) is 17.8 Å². The number of carboxylic acid groups (broad SMARTS) is 1. The average Bonchev–Trinajstić information content (AvgIpc) is 2.67. The van der Waals surface area contributed by atoms with Crippen LogP contribution in [-0.2, 0) is 9.59 Å². The highest BCUT2D eigenvalue weighted by atomic mass is 16.4. The number of amides is 1. The van der Waals surface area contributed by atoms with Crippen LogP contribution in [0.25, 0.3) is 0 Å². The molecule has 3 unspecified atom stereocenters. The van der Waals surface area contributed by atoms with Crippen molar-refractivity contribution in [3.63, 3.8) is 0 Å². The van der Waals surface area contributed by atoms with Crippen LogP contribution >= 0.6 is 0 Å². The Morgan fingerprint density at radius 2 is 1.83 bits per heavy atom. The molecule has 0 aliphatic heterocycles. The van der Waals surface area contributed by atoms with E-state index in [2.05, 4.69) is 0 Å². The van der Waals surface area contributed by atoms with E-state index in [1.54, 1.807) is 0 Å². The van der Waals surface area contributed by atoms with Crippen molar-refractivity contribution in [1.82, 2.24) is 4.90 Å². The summed E-state index contributed by atoms with van der Waals surface area (Å²) in [6, 6.07) is 0.141. The lowest BCUT2D eigenvalue weighted by atomic mass is 9.94. The van der Waals surface area contributed by atoms with Crippen LogP contribution in [0.1, 0.15) is 47.0 Å². The van der Waals surface area contributed by atoms with Crippen molar-refractivity contribution in [2.75, 3.05) is 6.54 Å². The third kappa shape index (κ3) is 3.24. The van der Waals surface area contributed by atoms with Crippen molar-refractivity contribution < 1.29 is 14.7 Å². The molecule has 1 N–H and O–H groups in total. The van der Waals surface area contributed by atoms with Gasteiger partial charge in [-0.3, -0.25) is 9.59 Å². The molecule has 1 fully saturated rings. The standard InChI is InChI=1S/C14H25NO3/c1-5-6-15(9(2)3)13(16)11-7-10(4)8-12(11)14(17)18/h9-12H,5-8H2,1-4H3,(H,17,18). The Hall–Kier alpha value is -1.06. The molecule has 1 aliphatic carbocycles. The first-order valence-corrected chi connectivity index (χ1v) is 6.91. The Morgan fingerprint density at radius 1 is 1.28 bits per heavy atom. The Kier molecular flexibility index (Phi) is 5.17. The summed E-state index contributed by atoms with van der Waals surface area (Å²) >= 11 is 0. The van der Waals surface area contributed by atoms with E-state index in [9.17, 15) is 14.7 Å². The van der Waals surface area contributed by atoms with Crippen molar-refractivity contribution >= 4 is 11.9 Å². The van der Waals surface area contributed by atoms with Gasteiger partial charge in [-0.1, -0.05) is 13.8 Å². The minimum absolute atomic E-state index is 0.0311. The van der Waals surface area contributed by atoms with Crippen LogP contribution in [0.4, 0.5) is 0 Å². The maximum atomic E-state index is 12.5. The van der Waals surface area contributed by atoms with Crippen molar-refractivity contribution in [2.45, 2.75) is 53.0 Å². The van der Waals surface area contributed by atoms with E-state index in [0.717, 1.165) is 6.42 Å². The van der Waals surface area contributed by atoms with Gasteiger partial charge in [0.2, 0.25) is 5.91 Å². The predicted molar refractivity (Wildman–Crippen MR) is 70.2 cm³/mol. The summed E-state index contributed by atoms with van der Waals surface area (Å²) < 4.78 is 0. The first-order valence-electron chi connectivity index (χ1n) is 6.91. The van der Waals surface area contributed by atoms with E-state index >= 15 is 0 Å². The highest BCUT2D eigenvalue weighted by Crippen LogP contribution is 2.37. The van der Waals surface area contributed by atoms with Crippen molar-refractivity contribution in [2.24, 2.45) is 17.8 Å². The van der Waals surface area contributed by atoms with Crippen LogP contribution < -0.4 is 0 Å². The van der Waals surface area contributed by atoms with Gasteiger partial charge < -0.3 is 10.0 Å². The molecule has 1 amide bonds. The van der Waals surface area contributed by atoms with E-state index in [0.29, 0.717) is 25.3 Å². The fraction of sp³-hybridized carbons (Fsp3) is 0.857. The highest BCUT2D eigenvalue weighted by Gasteiger charge is 2.42. The van der Waals surface area contributed by atoms with Crippen LogP contribution in [0.3, 0.4) is 0 Å². The second kappa shape index (κ2) is 6.21. The number of nitrogens with zero attached hydrogens (tertiary/aromatic N) is 1. The topological polar surface area (TPSA) is 57.6 Å². The molecule has 3 atom stereocenters. The second-order valence-electron chi connectivity index (χ2n) is 5.75. The van der Waals surface area contributed by atoms with Crippen LogP contribution in [0.15, 0.2) is 0 Å². The molecule has 0 aromatic rings. The molecule has 0 aromatic heterocycles. The lowest BCUT2D eigenvalue weighted by molar-refractivity contribution is -0.149. The van der Waals surface area contributed by atoms with E-state index in [1.165, 1.54) is 0 Å². The monoisotopic (exact) mass is 255 g/mol. The van der Waals surface area contributed by atoms with Crippen LogP contribution in [0.2, 0.25) is 0 Å². The molecule has 104 valence electrons. The summed E-state index contributed by atoms with van der Waals surface area (Å²) in [5.41, 5.74) is 0. The van der Waals surface area contributed by atoms with Crippen LogP contribution in [-0.4, -0.2) is 34.5 Å². The van der Waals surface area contributed by atoms with Gasteiger partial charge in [0.25, 0.3) is 0 Å². The van der Waals surface area contributed by atoms with Gasteiger partial charge in [0.1, 0.15) is 0 Å². The van der Waals surface area contributed by atoms with Gasteiger partial charge in [-0.15, -0.1) is 0 Å². The summed E-state index contributed by atoms with van der Waals surface area (Å²) in [7, 11) is 0. The van der Waals surface area contributed by atoms with Crippen molar-refractivity contribution in [3.8, 4) is 0 Å². The molecule has 0 spiro atoms. The number of carboxylic acids is 1. The number of carbonyl (C=O) groups excluding carboxylic acids is 1. The quantitative estimate of drug-likeness (QED) is 0.820. The number of carbonyl (C=O) groups is 2. The van der Waals surface area contributed by atoms with E-state index in [-0.39, 0.29) is 17.9 Å². The third-order valence-electron chi connectivity index (χ3n) is 3.80. The first kappa shape index (κ1) is 15.0. The number of hydrogen-bond acceptors (Lipinski definition) is 2. The smallest absolute Gasteiger partial charge is 0.307 e. The van der Waals surface area contributed by atoms with Crippen molar-refractivity contribution in [3.05, 3.63) is 0 Å². The second-order valence-corrected chi connectivity index (χ2v) is 5.75. The molecule has 0 radical (unpaired) electrons. The van der Waals surface area contributed by atoms with Gasteiger partial charge >= 0.3 is 5.97 Å². The predicted octanol–water partition coefficient (Wildman–Crippen LogP) is 2.38. The maximum absolute atomic E-state index is 12.5. The third-order valence-corrected chi connectivity index (χ3v) is 3.80. The zero-order valence-corrected chi connectivity index (χ0v) is 11.8. The minimum atomic E-state index is -0.821. The fourth-order valence-corrected chi connectivity index (χ4v) is 2.91. The Morgan fingerprint density at radius 3 is 2.28 bits per heavy atom. The summed E-state index contributed by atoms with van der Waals surface area (Å²) in [5, 5.41) is 9.23. The Balaban J connectivity index is 2.83. The maximum Gasteiger partial charge on any atom is 0.307 e. The Labute approximate surface area is 109 Å². The van der Waals surface area contributed by atoms with Gasteiger partial charge in [0, 0.05) is 12.6 Å². The fourth-order valence-electron chi connectivity index (χ4n) is 2.91. The molecule has 1 saturated carbocycles. The number of hydrogen-bond donors (Lipinski definition) is 1. The highest BCUT2D eigenvalue weighted by molar-refractivity contribution is 5.85. The zero-order chi connectivity index (χ0) is 13.9. The number of aliphatic carboxylic acids is 1. The SMILES string of the molecule is CCCN(C(=O)C1CC(C)CC1C(=O)O)C(C)C. The van der Waals surface area contributed by atoms with Crippen LogP contribution in [0.5, 0.6) is 0 Å². The summed E-state index contributed by atoms with van der Waals surface area (Å²) in [5.74, 6) is -1.28. The summed E-state index contributed by atoms with van der Waals surface area (Å²) in [4.78, 5) is 25.6. The molecular weight excluding hydrogens is 230 g/mol. The molecule has 0 bridgehead atoms. The molecule has 4 nitrogen and oxygen atoms in total. The molecule has 1 aliphatic rings. The molecule has 0 heterocycles. The average molecular weight is 255 g/mol. The van der Waals surface area contributed by atoms with Gasteiger partial charge in [-0.25, -0.2) is 0 Å². The van der Waals surface area contributed by atoms with Gasteiger partial charge in [-0.05, 0) is 39.0 Å². The number of rotatable bonds is 5. The largest absolute Gasteiger partial charge is 0.481 e. The summed E-state index contributed by atoms with van der Waals surface area (Å²) in [6.07, 6.45) is 2.25. The van der Waals surface area contributed by atoms with E-state index in [4.69, 9.17) is 0 Å². The van der Waals surface area contributed by atoms with Crippen molar-refractivity contribution in [1.29, 1.82) is 0 Å². The summed E-state index contributed by atoms with van der Waals surface area (Å²) in [6.45, 7) is 8.76. The molecule has 4 heteroatoms. The normalized spacial score (nSPS) is 27.5. The molecular formula is C14H25NO3. The lowest BCUT2D eigenvalue weighted by Crippen LogP contribution is -2.43. The van der Waals surface area contributed by atoms with Gasteiger partial charge in [0.05, 0.1) is 11.8 Å². The lowest BCUT2D eigenvalue weighted by Gasteiger charge is -2.30. The zero-order valence-electron chi connectivity index (χ0n) is 11.8. The Bertz CT molecular complexity index is 314. The molecule has 0 aromatic carbocycles. The van der Waals surface area contributed by atoms with Gasteiger partial charge in [-0.2, -0.15) is 0 Å². The first-order chi connectivity index (χ1) is 8.38. The van der Waals surface area contributed by atoms with E-state index in [1.807, 2.05) is 32.6 Å². The molecule has 0 saturated heterocycles. The van der Waals surface area contributed by atoms with Gasteiger partial charge in [0.15, 0.2) is 0 Å². The molecule has 1 rings (SSSR count). The van der Waals surface area contributed by atoms with E-state index < -0.39 is 11.9 Å². The minimum Gasteiger partial charge on any atom is -0.481 e. The molecule has 18 heavy (non-hydrogen) atoms.